The minimum absolute atomic E-state index is 0.00616. The van der Waals surface area contributed by atoms with Crippen LogP contribution in [0.1, 0.15) is 37.8 Å². The van der Waals surface area contributed by atoms with E-state index in [0.29, 0.717) is 5.69 Å². The Morgan fingerprint density at radius 2 is 1.69 bits per heavy atom. The van der Waals surface area contributed by atoms with Gasteiger partial charge in [-0.3, -0.25) is 9.59 Å². The third-order valence-electron chi connectivity index (χ3n) is 5.68. The number of amides is 2. The van der Waals surface area contributed by atoms with E-state index in [1.807, 2.05) is 13.8 Å². The Kier molecular flexibility index (Phi) is 7.20. The second-order valence-electron chi connectivity index (χ2n) is 8.28. The van der Waals surface area contributed by atoms with Crippen LogP contribution in [-0.2, 0) is 26.2 Å². The summed E-state index contributed by atoms with van der Waals surface area (Å²) in [6.07, 6.45) is 0. The second-order valence-corrected chi connectivity index (χ2v) is 10.2. The second kappa shape index (κ2) is 9.70. The van der Waals surface area contributed by atoms with Gasteiger partial charge >= 0.3 is 0 Å². The number of carbonyl (C=O) groups excluding carboxylic acids is 2. The molecule has 3 rings (SSSR count). The Morgan fingerprint density at radius 3 is 2.25 bits per heavy atom. The molecule has 3 N–H and O–H groups in total. The highest BCUT2D eigenvalue weighted by Crippen LogP contribution is 2.24. The van der Waals surface area contributed by atoms with Gasteiger partial charge in [-0.1, -0.05) is 38.1 Å². The van der Waals surface area contributed by atoms with Gasteiger partial charge in [0.25, 0.3) is 0 Å². The zero-order chi connectivity index (χ0) is 23.5. The smallest absolute Gasteiger partial charge is 0.243 e. The standard InChI is InChI=1S/C23H30N4O4S/c1-16(2)19-6-10-21(11-7-19)32(30,31)27-13-12-26(17(3)28)15-22(27)23(29)25-14-18-4-8-20(24)9-5-18/h4-11,16,22H,12-15,24H2,1-3H3,(H,25,29). The number of carbonyl (C=O) groups is 2. The lowest BCUT2D eigenvalue weighted by molar-refractivity contribution is -0.134. The lowest BCUT2D eigenvalue weighted by atomic mass is 10.0. The molecular weight excluding hydrogens is 428 g/mol. The number of nitrogens with one attached hydrogen (secondary N) is 1. The van der Waals surface area contributed by atoms with Crippen molar-refractivity contribution in [1.82, 2.24) is 14.5 Å². The van der Waals surface area contributed by atoms with E-state index in [9.17, 15) is 18.0 Å². The van der Waals surface area contributed by atoms with E-state index in [1.165, 1.54) is 16.1 Å². The van der Waals surface area contributed by atoms with Gasteiger partial charge < -0.3 is 16.0 Å². The Balaban J connectivity index is 1.83. The van der Waals surface area contributed by atoms with Crippen LogP contribution >= 0.6 is 0 Å². The number of nitrogens with zero attached hydrogens (tertiary/aromatic N) is 2. The normalized spacial score (nSPS) is 17.4. The van der Waals surface area contributed by atoms with Crippen LogP contribution in [0.25, 0.3) is 0 Å². The van der Waals surface area contributed by atoms with E-state index in [2.05, 4.69) is 5.32 Å². The van der Waals surface area contributed by atoms with Crippen LogP contribution in [0.4, 0.5) is 5.69 Å². The molecule has 0 aromatic heterocycles. The topological polar surface area (TPSA) is 113 Å². The molecule has 2 amide bonds. The fourth-order valence-electron chi connectivity index (χ4n) is 3.66. The van der Waals surface area contributed by atoms with Gasteiger partial charge in [0.15, 0.2) is 0 Å². The van der Waals surface area contributed by atoms with E-state index in [-0.39, 0.29) is 42.9 Å². The summed E-state index contributed by atoms with van der Waals surface area (Å²) in [6.45, 7) is 6.00. The van der Waals surface area contributed by atoms with Crippen LogP contribution in [0.5, 0.6) is 0 Å². The maximum absolute atomic E-state index is 13.4. The Morgan fingerprint density at radius 1 is 1.06 bits per heavy atom. The van der Waals surface area contributed by atoms with Crippen molar-refractivity contribution >= 4 is 27.5 Å². The lowest BCUT2D eigenvalue weighted by Gasteiger charge is -2.39. The monoisotopic (exact) mass is 458 g/mol. The molecule has 0 aliphatic carbocycles. The number of rotatable bonds is 6. The maximum Gasteiger partial charge on any atom is 0.243 e. The van der Waals surface area contributed by atoms with Crippen LogP contribution < -0.4 is 11.1 Å². The van der Waals surface area contributed by atoms with Gasteiger partial charge in [0, 0.05) is 38.8 Å². The van der Waals surface area contributed by atoms with Gasteiger partial charge in [-0.15, -0.1) is 0 Å². The fraction of sp³-hybridized carbons (Fsp3) is 0.391. The summed E-state index contributed by atoms with van der Waals surface area (Å²) in [7, 11) is -3.92. The molecule has 2 aromatic rings. The molecule has 1 saturated heterocycles. The van der Waals surface area contributed by atoms with Crippen LogP contribution in [0.2, 0.25) is 0 Å². The lowest BCUT2D eigenvalue weighted by Crippen LogP contribution is -2.61. The minimum atomic E-state index is -3.92. The van der Waals surface area contributed by atoms with E-state index in [4.69, 9.17) is 5.73 Å². The molecule has 1 aliphatic rings. The van der Waals surface area contributed by atoms with E-state index >= 15 is 0 Å². The number of nitrogens with two attached hydrogens (primary N) is 1. The Hall–Kier alpha value is -2.91. The number of hydrogen-bond acceptors (Lipinski definition) is 5. The zero-order valence-corrected chi connectivity index (χ0v) is 19.4. The van der Waals surface area contributed by atoms with E-state index < -0.39 is 22.0 Å². The first-order valence-corrected chi connectivity index (χ1v) is 12.0. The quantitative estimate of drug-likeness (QED) is 0.643. The van der Waals surface area contributed by atoms with Crippen molar-refractivity contribution in [3.8, 4) is 0 Å². The first kappa shape index (κ1) is 23.7. The molecular formula is C23H30N4O4S. The predicted octanol–water partition coefficient (Wildman–Crippen LogP) is 1.93. The van der Waals surface area contributed by atoms with Crippen molar-refractivity contribution < 1.29 is 18.0 Å². The van der Waals surface area contributed by atoms with Gasteiger partial charge in [0.05, 0.1) is 4.90 Å². The van der Waals surface area contributed by atoms with Gasteiger partial charge in [-0.25, -0.2) is 8.42 Å². The van der Waals surface area contributed by atoms with Crippen molar-refractivity contribution in [2.75, 3.05) is 25.4 Å². The van der Waals surface area contributed by atoms with Crippen molar-refractivity contribution in [3.05, 3.63) is 59.7 Å². The predicted molar refractivity (Wildman–Crippen MR) is 123 cm³/mol. The molecule has 9 heteroatoms. The van der Waals surface area contributed by atoms with Crippen LogP contribution in [0.15, 0.2) is 53.4 Å². The number of anilines is 1. The Bertz CT molecular complexity index is 1070. The highest BCUT2D eigenvalue weighted by Gasteiger charge is 2.40. The summed E-state index contributed by atoms with van der Waals surface area (Å²) in [4.78, 5) is 26.6. The average molecular weight is 459 g/mol. The minimum Gasteiger partial charge on any atom is -0.399 e. The molecule has 8 nitrogen and oxygen atoms in total. The molecule has 0 saturated carbocycles. The fourth-order valence-corrected chi connectivity index (χ4v) is 5.23. The number of nitrogen functional groups attached to an aromatic ring is 1. The molecule has 32 heavy (non-hydrogen) atoms. The van der Waals surface area contributed by atoms with E-state index in [0.717, 1.165) is 11.1 Å². The number of piperazine rings is 1. The summed E-state index contributed by atoms with van der Waals surface area (Å²) in [5.41, 5.74) is 8.18. The molecule has 1 heterocycles. The summed E-state index contributed by atoms with van der Waals surface area (Å²) in [5, 5.41) is 2.80. The van der Waals surface area contributed by atoms with Gasteiger partial charge in [-0.05, 0) is 41.3 Å². The molecule has 1 atom stereocenters. The molecule has 0 radical (unpaired) electrons. The van der Waals surface area contributed by atoms with E-state index in [1.54, 1.807) is 48.5 Å². The third kappa shape index (κ3) is 5.28. The number of sulfonamides is 1. The van der Waals surface area contributed by atoms with Crippen molar-refractivity contribution in [1.29, 1.82) is 0 Å². The summed E-state index contributed by atoms with van der Waals surface area (Å²) in [5.74, 6) is -0.368. The SMILES string of the molecule is CC(=O)N1CCN(S(=O)(=O)c2ccc(C(C)C)cc2)C(C(=O)NCc2ccc(N)cc2)C1. The van der Waals surface area contributed by atoms with Crippen LogP contribution in [0, 0.1) is 0 Å². The Labute approximate surface area is 189 Å². The summed E-state index contributed by atoms with van der Waals surface area (Å²) >= 11 is 0. The largest absolute Gasteiger partial charge is 0.399 e. The van der Waals surface area contributed by atoms with Gasteiger partial charge in [0.1, 0.15) is 6.04 Å². The average Bonchev–Trinajstić information content (AvgIpc) is 2.78. The molecule has 172 valence electrons. The van der Waals surface area contributed by atoms with Crippen molar-refractivity contribution in [3.63, 3.8) is 0 Å². The molecule has 2 aromatic carbocycles. The molecule has 1 fully saturated rings. The van der Waals surface area contributed by atoms with Gasteiger partial charge in [0.2, 0.25) is 21.8 Å². The molecule has 0 bridgehead atoms. The van der Waals surface area contributed by atoms with Crippen molar-refractivity contribution in [2.24, 2.45) is 0 Å². The maximum atomic E-state index is 13.4. The third-order valence-corrected chi connectivity index (χ3v) is 7.60. The van der Waals surface area contributed by atoms with Crippen LogP contribution in [-0.4, -0.2) is 55.1 Å². The molecule has 0 spiro atoms. The highest BCUT2D eigenvalue weighted by atomic mass is 32.2. The number of hydrogen-bond donors (Lipinski definition) is 2. The number of benzene rings is 2. The summed E-state index contributed by atoms with van der Waals surface area (Å²) < 4.78 is 28.0. The van der Waals surface area contributed by atoms with Crippen molar-refractivity contribution in [2.45, 2.75) is 44.2 Å². The summed E-state index contributed by atoms with van der Waals surface area (Å²) in [6, 6.07) is 12.8. The highest BCUT2D eigenvalue weighted by molar-refractivity contribution is 7.89. The zero-order valence-electron chi connectivity index (χ0n) is 18.6. The first-order valence-electron chi connectivity index (χ1n) is 10.6. The molecule has 1 aliphatic heterocycles. The molecule has 1 unspecified atom stereocenters. The van der Waals surface area contributed by atoms with Crippen LogP contribution in [0.3, 0.4) is 0 Å². The van der Waals surface area contributed by atoms with Gasteiger partial charge in [-0.2, -0.15) is 4.31 Å². The first-order chi connectivity index (χ1) is 15.1.